The summed E-state index contributed by atoms with van der Waals surface area (Å²) in [6.45, 7) is 4.36. The number of carbonyl (C=O) groups excluding carboxylic acids is 1. The van der Waals surface area contributed by atoms with E-state index < -0.39 is 4.92 Å². The van der Waals surface area contributed by atoms with Crippen LogP contribution >= 0.6 is 15.9 Å². The van der Waals surface area contributed by atoms with Crippen LogP contribution in [-0.2, 0) is 0 Å². The molecule has 0 radical (unpaired) electrons. The van der Waals surface area contributed by atoms with Gasteiger partial charge in [-0.2, -0.15) is 0 Å². The number of nitrogens with zero attached hydrogens (tertiary/aromatic N) is 2. The van der Waals surface area contributed by atoms with Crippen LogP contribution < -0.4 is 5.32 Å². The molecule has 0 aromatic heterocycles. The normalized spacial score (nSPS) is 17.7. The zero-order valence-electron chi connectivity index (χ0n) is 11.8. The highest BCUT2D eigenvalue weighted by molar-refractivity contribution is 9.10. The molecule has 0 bridgehead atoms. The average Bonchev–Trinajstić information content (AvgIpc) is 2.97. The molecule has 0 saturated carbocycles. The second kappa shape index (κ2) is 7.00. The maximum absolute atomic E-state index is 12.7. The minimum absolute atomic E-state index is 0.0753. The van der Waals surface area contributed by atoms with E-state index in [9.17, 15) is 14.9 Å². The van der Waals surface area contributed by atoms with E-state index in [0.717, 1.165) is 25.9 Å². The van der Waals surface area contributed by atoms with E-state index in [2.05, 4.69) is 21.2 Å². The standard InChI is InChI=1S/C14H18BrN3O3/c1-2-5-17(12-3-4-16-9-12)14(19)10-6-11(15)8-13(7-10)18(20)21/h6-8,12,16H,2-5,9H2,1H3. The Kier molecular flexibility index (Phi) is 5.30. The lowest BCUT2D eigenvalue weighted by atomic mass is 10.1. The lowest BCUT2D eigenvalue weighted by molar-refractivity contribution is -0.385. The number of halogens is 1. The third-order valence-electron chi connectivity index (χ3n) is 3.54. The van der Waals surface area contributed by atoms with Gasteiger partial charge in [0.1, 0.15) is 0 Å². The van der Waals surface area contributed by atoms with Gasteiger partial charge < -0.3 is 10.2 Å². The number of non-ortho nitro benzene ring substituents is 1. The van der Waals surface area contributed by atoms with Crippen molar-refractivity contribution in [1.82, 2.24) is 10.2 Å². The summed E-state index contributed by atoms with van der Waals surface area (Å²) in [4.78, 5) is 25.0. The molecule has 0 spiro atoms. The number of carbonyl (C=O) groups is 1. The topological polar surface area (TPSA) is 75.5 Å². The third-order valence-corrected chi connectivity index (χ3v) is 4.00. The van der Waals surface area contributed by atoms with Crippen LogP contribution in [0.5, 0.6) is 0 Å². The van der Waals surface area contributed by atoms with E-state index in [1.54, 1.807) is 6.07 Å². The van der Waals surface area contributed by atoms with Crippen molar-refractivity contribution in [2.45, 2.75) is 25.8 Å². The first-order valence-electron chi connectivity index (χ1n) is 6.99. The van der Waals surface area contributed by atoms with Crippen molar-refractivity contribution in [2.24, 2.45) is 0 Å². The van der Waals surface area contributed by atoms with Gasteiger partial charge in [-0.3, -0.25) is 14.9 Å². The highest BCUT2D eigenvalue weighted by Crippen LogP contribution is 2.23. The van der Waals surface area contributed by atoms with Crippen LogP contribution in [0.4, 0.5) is 5.69 Å². The highest BCUT2D eigenvalue weighted by Gasteiger charge is 2.27. The van der Waals surface area contributed by atoms with Crippen LogP contribution in [0.1, 0.15) is 30.1 Å². The second-order valence-electron chi connectivity index (χ2n) is 5.10. The van der Waals surface area contributed by atoms with Crippen LogP contribution in [0.2, 0.25) is 0 Å². The number of nitrogens with one attached hydrogen (secondary N) is 1. The largest absolute Gasteiger partial charge is 0.334 e. The van der Waals surface area contributed by atoms with E-state index in [0.29, 0.717) is 16.6 Å². The number of amides is 1. The van der Waals surface area contributed by atoms with Gasteiger partial charge in [-0.15, -0.1) is 0 Å². The average molecular weight is 356 g/mol. The van der Waals surface area contributed by atoms with Crippen LogP contribution in [-0.4, -0.2) is 41.4 Å². The fourth-order valence-corrected chi connectivity index (χ4v) is 3.05. The molecule has 7 heteroatoms. The summed E-state index contributed by atoms with van der Waals surface area (Å²) in [5.74, 6) is -0.144. The Labute approximate surface area is 131 Å². The molecule has 1 N–H and O–H groups in total. The third kappa shape index (κ3) is 3.79. The number of nitro benzene ring substituents is 1. The molecule has 1 aromatic carbocycles. The number of hydrogen-bond acceptors (Lipinski definition) is 4. The molecule has 1 aromatic rings. The fraction of sp³-hybridized carbons (Fsp3) is 0.500. The van der Waals surface area contributed by atoms with Gasteiger partial charge in [-0.25, -0.2) is 0 Å². The Hall–Kier alpha value is -1.47. The van der Waals surface area contributed by atoms with Gasteiger partial charge >= 0.3 is 0 Å². The lowest BCUT2D eigenvalue weighted by Gasteiger charge is -2.28. The number of rotatable bonds is 5. The van der Waals surface area contributed by atoms with Crippen molar-refractivity contribution >= 4 is 27.5 Å². The Bertz CT molecular complexity index is 544. The zero-order chi connectivity index (χ0) is 15.4. The number of nitro groups is 1. The first-order valence-corrected chi connectivity index (χ1v) is 7.79. The van der Waals surface area contributed by atoms with Crippen LogP contribution in [0, 0.1) is 10.1 Å². The lowest BCUT2D eigenvalue weighted by Crippen LogP contribution is -2.42. The van der Waals surface area contributed by atoms with Gasteiger partial charge in [-0.1, -0.05) is 22.9 Å². The molecule has 1 saturated heterocycles. The highest BCUT2D eigenvalue weighted by atomic mass is 79.9. The Morgan fingerprint density at radius 2 is 2.29 bits per heavy atom. The van der Waals surface area contributed by atoms with E-state index >= 15 is 0 Å². The van der Waals surface area contributed by atoms with Crippen LogP contribution in [0.3, 0.4) is 0 Å². The molecular formula is C14H18BrN3O3. The van der Waals surface area contributed by atoms with Gasteiger partial charge in [0.05, 0.1) is 4.92 Å². The molecule has 1 aliphatic heterocycles. The summed E-state index contributed by atoms with van der Waals surface area (Å²) in [5.41, 5.74) is 0.283. The first kappa shape index (κ1) is 15.9. The van der Waals surface area contributed by atoms with Gasteiger partial charge in [0, 0.05) is 41.3 Å². The molecular weight excluding hydrogens is 338 g/mol. The van der Waals surface area contributed by atoms with Crippen LogP contribution in [0.15, 0.2) is 22.7 Å². The summed E-state index contributed by atoms with van der Waals surface area (Å²) < 4.78 is 0.543. The maximum atomic E-state index is 12.7. The molecule has 21 heavy (non-hydrogen) atoms. The van der Waals surface area contributed by atoms with Crippen LogP contribution in [0.25, 0.3) is 0 Å². The number of benzene rings is 1. The Morgan fingerprint density at radius 1 is 1.52 bits per heavy atom. The van der Waals surface area contributed by atoms with Crippen molar-refractivity contribution in [2.75, 3.05) is 19.6 Å². The van der Waals surface area contributed by atoms with Gasteiger partial charge in [0.2, 0.25) is 0 Å². The Balaban J connectivity index is 2.29. The monoisotopic (exact) mass is 355 g/mol. The molecule has 1 amide bonds. The molecule has 0 aliphatic carbocycles. The van der Waals surface area contributed by atoms with Crippen molar-refractivity contribution in [3.63, 3.8) is 0 Å². The predicted molar refractivity (Wildman–Crippen MR) is 83.4 cm³/mol. The van der Waals surface area contributed by atoms with Crippen molar-refractivity contribution < 1.29 is 9.72 Å². The molecule has 114 valence electrons. The minimum atomic E-state index is -0.483. The minimum Gasteiger partial charge on any atom is -0.334 e. The number of hydrogen-bond donors (Lipinski definition) is 1. The van der Waals surface area contributed by atoms with Crippen molar-refractivity contribution in [1.29, 1.82) is 0 Å². The maximum Gasteiger partial charge on any atom is 0.271 e. The summed E-state index contributed by atoms with van der Waals surface area (Å²) >= 11 is 3.23. The Morgan fingerprint density at radius 3 is 2.86 bits per heavy atom. The molecule has 2 rings (SSSR count). The van der Waals surface area contributed by atoms with E-state index in [4.69, 9.17) is 0 Å². The quantitative estimate of drug-likeness (QED) is 0.650. The van der Waals surface area contributed by atoms with Gasteiger partial charge in [0.15, 0.2) is 0 Å². The smallest absolute Gasteiger partial charge is 0.271 e. The molecule has 1 aliphatic rings. The van der Waals surface area contributed by atoms with E-state index in [-0.39, 0.29) is 17.6 Å². The fourth-order valence-electron chi connectivity index (χ4n) is 2.57. The SMILES string of the molecule is CCCN(C(=O)c1cc(Br)cc([N+](=O)[O-])c1)C1CCNC1. The molecule has 1 atom stereocenters. The first-order chi connectivity index (χ1) is 10.0. The van der Waals surface area contributed by atoms with E-state index in [1.165, 1.54) is 12.1 Å². The summed E-state index contributed by atoms with van der Waals surface area (Å²) in [5, 5.41) is 14.2. The summed E-state index contributed by atoms with van der Waals surface area (Å²) in [6.07, 6.45) is 1.78. The molecule has 1 fully saturated rings. The van der Waals surface area contributed by atoms with Crippen molar-refractivity contribution in [3.05, 3.63) is 38.3 Å². The predicted octanol–water partition coefficient (Wildman–Crippen LogP) is 2.57. The molecule has 6 nitrogen and oxygen atoms in total. The van der Waals surface area contributed by atoms with E-state index in [1.807, 2.05) is 11.8 Å². The van der Waals surface area contributed by atoms with Crippen molar-refractivity contribution in [3.8, 4) is 0 Å². The van der Waals surface area contributed by atoms with Gasteiger partial charge in [0.25, 0.3) is 11.6 Å². The second-order valence-corrected chi connectivity index (χ2v) is 6.02. The van der Waals surface area contributed by atoms with Gasteiger partial charge in [-0.05, 0) is 25.5 Å². The summed E-state index contributed by atoms with van der Waals surface area (Å²) in [6, 6.07) is 4.55. The summed E-state index contributed by atoms with van der Waals surface area (Å²) in [7, 11) is 0. The zero-order valence-corrected chi connectivity index (χ0v) is 13.4. The molecule has 1 heterocycles. The molecule has 1 unspecified atom stereocenters.